The molecule has 0 amide bonds. The van der Waals surface area contributed by atoms with Crippen LogP contribution in [0.5, 0.6) is 17.2 Å². The number of ether oxygens (including phenoxy) is 2. The molecule has 6 heteroatoms. The van der Waals surface area contributed by atoms with Gasteiger partial charge < -0.3 is 25.0 Å². The maximum absolute atomic E-state index is 13.7. The zero-order valence-electron chi connectivity index (χ0n) is 8.66. The van der Waals surface area contributed by atoms with Crippen molar-refractivity contribution in [2.24, 2.45) is 0 Å². The van der Waals surface area contributed by atoms with E-state index in [0.29, 0.717) is 0 Å². The van der Waals surface area contributed by atoms with Gasteiger partial charge in [-0.25, -0.2) is 4.39 Å². The lowest BCUT2D eigenvalue weighted by Crippen LogP contribution is -2.18. The molecule has 0 saturated carbocycles. The highest BCUT2D eigenvalue weighted by atomic mass is 19.1. The molecule has 0 spiro atoms. The summed E-state index contributed by atoms with van der Waals surface area (Å²) in [6.07, 6.45) is -1.10. The van der Waals surface area contributed by atoms with Crippen LogP contribution in [0, 0.1) is 5.82 Å². The van der Waals surface area contributed by atoms with Gasteiger partial charge in [-0.1, -0.05) is 0 Å². The average Bonchev–Trinajstić information content (AvgIpc) is 2.67. The lowest BCUT2D eigenvalue weighted by molar-refractivity contribution is 0.154. The van der Waals surface area contributed by atoms with Crippen LogP contribution in [0.15, 0.2) is 6.07 Å². The van der Waals surface area contributed by atoms with Gasteiger partial charge in [0.05, 0.1) is 11.7 Å². The molecule has 5 nitrogen and oxygen atoms in total. The Bertz CT molecular complexity index is 410. The first-order chi connectivity index (χ1) is 7.65. The van der Waals surface area contributed by atoms with Crippen LogP contribution in [0.25, 0.3) is 0 Å². The van der Waals surface area contributed by atoms with E-state index < -0.39 is 17.7 Å². The number of nitrogens with one attached hydrogen (secondary N) is 1. The van der Waals surface area contributed by atoms with Gasteiger partial charge in [-0.05, 0) is 7.05 Å². The first-order valence-corrected chi connectivity index (χ1v) is 4.78. The highest BCUT2D eigenvalue weighted by molar-refractivity contribution is 5.54. The van der Waals surface area contributed by atoms with Gasteiger partial charge in [0.1, 0.15) is 0 Å². The Balaban J connectivity index is 2.49. The molecule has 1 heterocycles. The van der Waals surface area contributed by atoms with Gasteiger partial charge in [0.25, 0.3) is 0 Å². The largest absolute Gasteiger partial charge is 0.505 e. The maximum atomic E-state index is 13.7. The van der Waals surface area contributed by atoms with Crippen LogP contribution in [0.4, 0.5) is 4.39 Å². The van der Waals surface area contributed by atoms with Crippen LogP contribution in [-0.2, 0) is 0 Å². The van der Waals surface area contributed by atoms with E-state index >= 15 is 0 Å². The molecule has 1 atom stereocenters. The quantitative estimate of drug-likeness (QED) is 0.704. The Labute approximate surface area is 91.4 Å². The average molecular weight is 229 g/mol. The number of hydrogen-bond donors (Lipinski definition) is 3. The molecule has 3 N–H and O–H groups in total. The molecule has 1 aromatic carbocycles. The highest BCUT2D eigenvalue weighted by Gasteiger charge is 2.28. The Hall–Kier alpha value is -1.53. The van der Waals surface area contributed by atoms with E-state index in [1.54, 1.807) is 7.05 Å². The van der Waals surface area contributed by atoms with Gasteiger partial charge in [0.2, 0.25) is 6.79 Å². The van der Waals surface area contributed by atoms with E-state index in [1.807, 2.05) is 0 Å². The van der Waals surface area contributed by atoms with Crippen LogP contribution >= 0.6 is 0 Å². The van der Waals surface area contributed by atoms with Gasteiger partial charge in [-0.3, -0.25) is 0 Å². The van der Waals surface area contributed by atoms with Crippen LogP contribution < -0.4 is 14.8 Å². The SMILES string of the molecule is CNCC(O)c1c(F)c(O)cc2c1OCO2. The third kappa shape index (κ3) is 1.66. The number of benzene rings is 1. The molecule has 0 aromatic heterocycles. The number of phenolic OH excluding ortho intramolecular Hbond substituents is 1. The first-order valence-electron chi connectivity index (χ1n) is 4.78. The van der Waals surface area contributed by atoms with E-state index in [0.717, 1.165) is 6.07 Å². The van der Waals surface area contributed by atoms with E-state index in [4.69, 9.17) is 9.47 Å². The van der Waals surface area contributed by atoms with Crippen molar-refractivity contribution in [3.8, 4) is 17.2 Å². The van der Waals surface area contributed by atoms with Crippen molar-refractivity contribution in [1.82, 2.24) is 5.32 Å². The summed E-state index contributed by atoms with van der Waals surface area (Å²) in [5.41, 5.74) is -0.0816. The summed E-state index contributed by atoms with van der Waals surface area (Å²) < 4.78 is 23.8. The van der Waals surface area contributed by atoms with Gasteiger partial charge in [0, 0.05) is 12.6 Å². The molecule has 1 unspecified atom stereocenters. The fraction of sp³-hybridized carbons (Fsp3) is 0.400. The number of aromatic hydroxyl groups is 1. The Morgan fingerprint density at radius 2 is 2.31 bits per heavy atom. The van der Waals surface area contributed by atoms with Crippen molar-refractivity contribution in [3.63, 3.8) is 0 Å². The highest BCUT2D eigenvalue weighted by Crippen LogP contribution is 2.43. The number of halogens is 1. The second kappa shape index (κ2) is 4.15. The lowest BCUT2D eigenvalue weighted by Gasteiger charge is -2.14. The molecule has 0 aliphatic carbocycles. The summed E-state index contributed by atoms with van der Waals surface area (Å²) in [5.74, 6) is -1.05. The minimum Gasteiger partial charge on any atom is -0.505 e. The molecular weight excluding hydrogens is 217 g/mol. The molecule has 0 fully saturated rings. The first kappa shape index (κ1) is 11.0. The number of aliphatic hydroxyl groups excluding tert-OH is 1. The zero-order chi connectivity index (χ0) is 11.7. The fourth-order valence-electron chi connectivity index (χ4n) is 1.62. The topological polar surface area (TPSA) is 71.0 Å². The van der Waals surface area contributed by atoms with Crippen molar-refractivity contribution >= 4 is 0 Å². The van der Waals surface area contributed by atoms with Gasteiger partial charge >= 0.3 is 0 Å². The van der Waals surface area contributed by atoms with Gasteiger partial charge in [0.15, 0.2) is 23.1 Å². The fourth-order valence-corrected chi connectivity index (χ4v) is 1.62. The number of phenols is 1. The van der Waals surface area contributed by atoms with Crippen molar-refractivity contribution in [2.45, 2.75) is 6.10 Å². The summed E-state index contributed by atoms with van der Waals surface area (Å²) in [5, 5.41) is 21.8. The molecule has 88 valence electrons. The van der Waals surface area contributed by atoms with E-state index in [2.05, 4.69) is 5.32 Å². The summed E-state index contributed by atoms with van der Waals surface area (Å²) in [7, 11) is 1.63. The molecule has 0 radical (unpaired) electrons. The third-order valence-corrected chi connectivity index (χ3v) is 2.35. The number of rotatable bonds is 3. The minimum atomic E-state index is -1.10. The number of likely N-dealkylation sites (N-methyl/N-ethyl adjacent to an activating group) is 1. The number of aliphatic hydroxyl groups is 1. The zero-order valence-corrected chi connectivity index (χ0v) is 8.66. The summed E-state index contributed by atoms with van der Waals surface area (Å²) in [4.78, 5) is 0. The van der Waals surface area contributed by atoms with Crippen LogP contribution in [0.3, 0.4) is 0 Å². The minimum absolute atomic E-state index is 0.0441. The molecule has 1 aliphatic heterocycles. The van der Waals surface area contributed by atoms with Crippen molar-refractivity contribution in [3.05, 3.63) is 17.4 Å². The van der Waals surface area contributed by atoms with Gasteiger partial charge in [-0.2, -0.15) is 0 Å². The Kier molecular flexibility index (Phi) is 2.84. The van der Waals surface area contributed by atoms with Crippen LogP contribution in [0.1, 0.15) is 11.7 Å². The normalized spacial score (nSPS) is 15.2. The monoisotopic (exact) mass is 229 g/mol. The molecule has 0 bridgehead atoms. The van der Waals surface area contributed by atoms with Crippen molar-refractivity contribution in [2.75, 3.05) is 20.4 Å². The number of hydrogen-bond acceptors (Lipinski definition) is 5. The van der Waals surface area contributed by atoms with E-state index in [1.165, 1.54) is 0 Å². The summed E-state index contributed by atoms with van der Waals surface area (Å²) in [6.45, 7) is 0.105. The molecular formula is C10H12FNO4. The molecule has 0 saturated heterocycles. The smallest absolute Gasteiger partial charge is 0.231 e. The van der Waals surface area contributed by atoms with Crippen LogP contribution in [0.2, 0.25) is 0 Å². The summed E-state index contributed by atoms with van der Waals surface area (Å²) in [6, 6.07) is 1.13. The standard InChI is InChI=1S/C10H12FNO4/c1-12-3-6(14)8-9(11)5(13)2-7-10(8)16-4-15-7/h2,6,12-14H,3-4H2,1H3. The van der Waals surface area contributed by atoms with Crippen LogP contribution in [-0.4, -0.2) is 30.6 Å². The van der Waals surface area contributed by atoms with Crippen molar-refractivity contribution < 1.29 is 24.1 Å². The molecule has 16 heavy (non-hydrogen) atoms. The molecule has 2 rings (SSSR count). The number of fused-ring (bicyclic) bond motifs is 1. The Morgan fingerprint density at radius 3 is 3.00 bits per heavy atom. The second-order valence-electron chi connectivity index (χ2n) is 3.43. The van der Waals surface area contributed by atoms with E-state index in [-0.39, 0.29) is 30.4 Å². The predicted octanol–water partition coefficient (Wildman–Crippen LogP) is 0.513. The second-order valence-corrected chi connectivity index (χ2v) is 3.43. The molecule has 1 aromatic rings. The predicted molar refractivity (Wildman–Crippen MR) is 53.1 cm³/mol. The summed E-state index contributed by atoms with van der Waals surface area (Å²) >= 11 is 0. The Morgan fingerprint density at radius 1 is 1.56 bits per heavy atom. The maximum Gasteiger partial charge on any atom is 0.231 e. The third-order valence-electron chi connectivity index (χ3n) is 2.35. The lowest BCUT2D eigenvalue weighted by atomic mass is 10.1. The van der Waals surface area contributed by atoms with E-state index in [9.17, 15) is 14.6 Å². The molecule has 1 aliphatic rings. The van der Waals surface area contributed by atoms with Crippen molar-refractivity contribution in [1.29, 1.82) is 0 Å². The van der Waals surface area contributed by atoms with Gasteiger partial charge in [-0.15, -0.1) is 0 Å².